The highest BCUT2D eigenvalue weighted by atomic mass is 32.1. The van der Waals surface area contributed by atoms with Gasteiger partial charge in [0.05, 0.1) is 12.2 Å². The summed E-state index contributed by atoms with van der Waals surface area (Å²) in [6.07, 6.45) is 2.48. The van der Waals surface area contributed by atoms with E-state index in [0.717, 1.165) is 25.6 Å². The van der Waals surface area contributed by atoms with Gasteiger partial charge in [-0.25, -0.2) is 4.98 Å². The Balaban J connectivity index is 2.06. The van der Waals surface area contributed by atoms with E-state index in [2.05, 4.69) is 44.8 Å². The molecule has 1 aromatic rings. The average Bonchev–Trinajstić information content (AvgIpc) is 2.62. The molecule has 0 amide bonds. The van der Waals surface area contributed by atoms with Crippen LogP contribution in [0, 0.1) is 19.8 Å². The van der Waals surface area contributed by atoms with E-state index < -0.39 is 0 Å². The third-order valence-corrected chi connectivity index (χ3v) is 5.82. The van der Waals surface area contributed by atoms with Gasteiger partial charge in [-0.15, -0.1) is 11.3 Å². The predicted octanol–water partition coefficient (Wildman–Crippen LogP) is 3.36. The minimum Gasteiger partial charge on any atom is -0.312 e. The topological polar surface area (TPSA) is 28.2 Å². The fourth-order valence-electron chi connectivity index (χ4n) is 2.82. The molecule has 0 radical (unpaired) electrons. The fraction of sp³-hybridized carbons (Fsp3) is 0.812. The molecule has 1 fully saturated rings. The van der Waals surface area contributed by atoms with Crippen LogP contribution < -0.4 is 5.32 Å². The van der Waals surface area contributed by atoms with Crippen LogP contribution in [0.3, 0.4) is 0 Å². The van der Waals surface area contributed by atoms with Crippen molar-refractivity contribution in [3.8, 4) is 0 Å². The molecule has 2 heterocycles. The number of nitrogens with one attached hydrogen (secondary N) is 1. The minimum absolute atomic E-state index is 0.618. The lowest BCUT2D eigenvalue weighted by molar-refractivity contribution is 0.180. The quantitative estimate of drug-likeness (QED) is 0.923. The van der Waals surface area contributed by atoms with Crippen molar-refractivity contribution in [1.29, 1.82) is 0 Å². The van der Waals surface area contributed by atoms with Gasteiger partial charge >= 0.3 is 0 Å². The zero-order valence-corrected chi connectivity index (χ0v) is 14.4. The molecule has 114 valence electrons. The molecule has 0 aliphatic carbocycles. The van der Waals surface area contributed by atoms with Gasteiger partial charge in [-0.2, -0.15) is 0 Å². The van der Waals surface area contributed by atoms with Crippen LogP contribution in [0.4, 0.5) is 0 Å². The maximum Gasteiger partial charge on any atom is 0.107 e. The summed E-state index contributed by atoms with van der Waals surface area (Å²) in [5, 5.41) is 5.01. The van der Waals surface area contributed by atoms with Crippen molar-refractivity contribution in [3.63, 3.8) is 0 Å². The first kappa shape index (κ1) is 15.9. The van der Waals surface area contributed by atoms with Gasteiger partial charge in [-0.05, 0) is 39.7 Å². The normalized spacial score (nSPS) is 26.4. The SMILES string of the molecule is CCC(C)C1CN(Cc2nc(C)c(C)s2)C(C)CCN1. The lowest BCUT2D eigenvalue weighted by Crippen LogP contribution is -2.43. The van der Waals surface area contributed by atoms with E-state index in [1.165, 1.54) is 28.4 Å². The van der Waals surface area contributed by atoms with Gasteiger partial charge < -0.3 is 5.32 Å². The van der Waals surface area contributed by atoms with Gasteiger partial charge in [0.1, 0.15) is 5.01 Å². The second-order valence-electron chi connectivity index (χ2n) is 6.26. The van der Waals surface area contributed by atoms with Crippen molar-refractivity contribution < 1.29 is 0 Å². The molecule has 3 atom stereocenters. The molecule has 20 heavy (non-hydrogen) atoms. The van der Waals surface area contributed by atoms with E-state index in [-0.39, 0.29) is 0 Å². The van der Waals surface area contributed by atoms with Crippen molar-refractivity contribution in [3.05, 3.63) is 15.6 Å². The third-order valence-electron chi connectivity index (χ3n) is 4.77. The number of aryl methyl sites for hydroxylation is 2. The van der Waals surface area contributed by atoms with Crippen molar-refractivity contribution in [1.82, 2.24) is 15.2 Å². The van der Waals surface area contributed by atoms with Crippen molar-refractivity contribution in [2.24, 2.45) is 5.92 Å². The fourth-order valence-corrected chi connectivity index (χ4v) is 3.78. The molecule has 1 N–H and O–H groups in total. The van der Waals surface area contributed by atoms with Gasteiger partial charge in [0.25, 0.3) is 0 Å². The number of hydrogen-bond donors (Lipinski definition) is 1. The number of hydrogen-bond acceptors (Lipinski definition) is 4. The summed E-state index contributed by atoms with van der Waals surface area (Å²) in [5.41, 5.74) is 1.20. The number of thiazole rings is 1. The lowest BCUT2D eigenvalue weighted by atomic mass is 9.99. The monoisotopic (exact) mass is 295 g/mol. The van der Waals surface area contributed by atoms with Crippen LogP contribution in [-0.2, 0) is 6.54 Å². The van der Waals surface area contributed by atoms with Crippen LogP contribution >= 0.6 is 11.3 Å². The summed E-state index contributed by atoms with van der Waals surface area (Å²) >= 11 is 1.86. The van der Waals surface area contributed by atoms with E-state index >= 15 is 0 Å². The summed E-state index contributed by atoms with van der Waals surface area (Å²) in [5.74, 6) is 0.738. The molecule has 0 bridgehead atoms. The summed E-state index contributed by atoms with van der Waals surface area (Å²) in [6, 6.07) is 1.26. The van der Waals surface area contributed by atoms with E-state index in [4.69, 9.17) is 4.98 Å². The van der Waals surface area contributed by atoms with Crippen LogP contribution in [-0.4, -0.2) is 35.1 Å². The summed E-state index contributed by atoms with van der Waals surface area (Å²) in [7, 11) is 0. The number of aromatic nitrogens is 1. The molecule has 1 aromatic heterocycles. The number of nitrogens with zero attached hydrogens (tertiary/aromatic N) is 2. The third kappa shape index (κ3) is 3.80. The van der Waals surface area contributed by atoms with Crippen molar-refractivity contribution in [2.75, 3.05) is 13.1 Å². The Morgan fingerprint density at radius 1 is 1.45 bits per heavy atom. The van der Waals surface area contributed by atoms with Crippen LogP contribution in [0.5, 0.6) is 0 Å². The molecule has 0 spiro atoms. The van der Waals surface area contributed by atoms with Gasteiger partial charge in [-0.3, -0.25) is 4.90 Å². The molecule has 0 aromatic carbocycles. The Bertz CT molecular complexity index is 410. The van der Waals surface area contributed by atoms with Crippen molar-refractivity contribution >= 4 is 11.3 Å². The summed E-state index contributed by atoms with van der Waals surface area (Å²) in [6.45, 7) is 14.6. The first-order valence-corrected chi connectivity index (χ1v) is 8.73. The molecule has 3 unspecified atom stereocenters. The predicted molar refractivity (Wildman–Crippen MR) is 87.3 cm³/mol. The molecule has 3 nitrogen and oxygen atoms in total. The van der Waals surface area contributed by atoms with Crippen molar-refractivity contribution in [2.45, 2.75) is 66.1 Å². The molecular weight excluding hydrogens is 266 g/mol. The number of rotatable bonds is 4. The first-order valence-electron chi connectivity index (χ1n) is 7.91. The summed E-state index contributed by atoms with van der Waals surface area (Å²) < 4.78 is 0. The van der Waals surface area contributed by atoms with Gasteiger partial charge in [0.2, 0.25) is 0 Å². The maximum atomic E-state index is 4.72. The first-order chi connectivity index (χ1) is 9.51. The van der Waals surface area contributed by atoms with E-state index in [9.17, 15) is 0 Å². The molecule has 1 saturated heterocycles. The standard InChI is InChI=1S/C16H29N3S/c1-6-11(2)15-9-19(12(3)7-8-17-15)10-16-18-13(4)14(5)20-16/h11-12,15,17H,6-10H2,1-5H3. The maximum absolute atomic E-state index is 4.72. The Morgan fingerprint density at radius 2 is 2.20 bits per heavy atom. The molecule has 1 aliphatic rings. The zero-order chi connectivity index (χ0) is 14.7. The van der Waals surface area contributed by atoms with Gasteiger partial charge in [0.15, 0.2) is 0 Å². The Labute approximate surface area is 127 Å². The molecule has 1 aliphatic heterocycles. The van der Waals surface area contributed by atoms with Crippen LogP contribution in [0.15, 0.2) is 0 Å². The lowest BCUT2D eigenvalue weighted by Gasteiger charge is -2.30. The molecule has 0 saturated carbocycles. The average molecular weight is 295 g/mol. The van der Waals surface area contributed by atoms with Crippen LogP contribution in [0.25, 0.3) is 0 Å². The Hall–Kier alpha value is -0.450. The van der Waals surface area contributed by atoms with Crippen LogP contribution in [0.2, 0.25) is 0 Å². The van der Waals surface area contributed by atoms with Crippen LogP contribution in [0.1, 0.15) is 49.2 Å². The van der Waals surface area contributed by atoms with Gasteiger partial charge in [0, 0.05) is 23.5 Å². The largest absolute Gasteiger partial charge is 0.312 e. The summed E-state index contributed by atoms with van der Waals surface area (Å²) in [4.78, 5) is 8.70. The van der Waals surface area contributed by atoms with E-state index in [0.29, 0.717) is 12.1 Å². The van der Waals surface area contributed by atoms with Gasteiger partial charge in [-0.1, -0.05) is 20.3 Å². The van der Waals surface area contributed by atoms with E-state index in [1.54, 1.807) is 0 Å². The highest BCUT2D eigenvalue weighted by Gasteiger charge is 2.26. The zero-order valence-electron chi connectivity index (χ0n) is 13.6. The highest BCUT2D eigenvalue weighted by Crippen LogP contribution is 2.22. The second-order valence-corrected chi connectivity index (χ2v) is 7.55. The second kappa shape index (κ2) is 7.01. The Kier molecular flexibility index (Phi) is 5.58. The molecule has 4 heteroatoms. The molecular formula is C16H29N3S. The Morgan fingerprint density at radius 3 is 2.80 bits per heavy atom. The minimum atomic E-state index is 0.618. The highest BCUT2D eigenvalue weighted by molar-refractivity contribution is 7.11. The smallest absolute Gasteiger partial charge is 0.107 e. The van der Waals surface area contributed by atoms with E-state index in [1.807, 2.05) is 11.3 Å². The molecule has 2 rings (SSSR count).